The minimum Gasteiger partial charge on any atom is -0.494 e. The van der Waals surface area contributed by atoms with E-state index in [2.05, 4.69) is 30.8 Å². The number of ketones is 1. The summed E-state index contributed by atoms with van der Waals surface area (Å²) < 4.78 is 18.9. The summed E-state index contributed by atoms with van der Waals surface area (Å²) in [4.78, 5) is 12.2. The second-order valence-electron chi connectivity index (χ2n) is 12.0. The second-order valence-corrected chi connectivity index (χ2v) is 12.0. The number of allylic oxidation sites excluding steroid dienone is 1. The highest BCUT2D eigenvalue weighted by Crippen LogP contribution is 2.17. The summed E-state index contributed by atoms with van der Waals surface area (Å²) in [5.41, 5.74) is 4.06. The first-order chi connectivity index (χ1) is 21.6. The minimum atomic E-state index is -0.344. The molecule has 2 nitrogen and oxygen atoms in total. The van der Waals surface area contributed by atoms with Gasteiger partial charge in [-0.25, -0.2) is 4.39 Å². The van der Waals surface area contributed by atoms with Crippen LogP contribution in [0.2, 0.25) is 0 Å². The van der Waals surface area contributed by atoms with Crippen LogP contribution in [0, 0.1) is 5.82 Å². The number of halogens is 1. The molecule has 0 radical (unpaired) electrons. The zero-order chi connectivity index (χ0) is 31.1. The predicted octanol–water partition coefficient (Wildman–Crippen LogP) is 12.2. The normalized spacial score (nSPS) is 11.2. The zero-order valence-electron chi connectivity index (χ0n) is 26.8. The minimum absolute atomic E-state index is 0.143. The fourth-order valence-corrected chi connectivity index (χ4v) is 5.47. The molecule has 0 amide bonds. The average molecular weight is 597 g/mol. The predicted molar refractivity (Wildman–Crippen MR) is 186 cm³/mol. The van der Waals surface area contributed by atoms with Gasteiger partial charge in [0.2, 0.25) is 0 Å². The lowest BCUT2D eigenvalue weighted by atomic mass is 10.0. The van der Waals surface area contributed by atoms with Gasteiger partial charge in [0, 0.05) is 5.56 Å². The molecule has 3 aromatic carbocycles. The van der Waals surface area contributed by atoms with Gasteiger partial charge in [0.15, 0.2) is 5.78 Å². The van der Waals surface area contributed by atoms with Crippen LogP contribution in [0.25, 0.3) is 12.2 Å². The average Bonchev–Trinajstić information content (AvgIpc) is 3.05. The number of hydrogen-bond acceptors (Lipinski definition) is 2. The highest BCUT2D eigenvalue weighted by molar-refractivity contribution is 6.06. The standard InChI is InChI=1S/C41H53FO2/c1-2-35-20-22-36(23-21-35)19-17-15-13-11-9-7-5-3-4-6-8-10-12-14-16-18-34-44-40-31-24-37(25-32-40)26-33-41(43)38-27-29-39(42)30-28-38/h2,20-33H,1,3-19,34H2. The van der Waals surface area contributed by atoms with Gasteiger partial charge in [0.1, 0.15) is 11.6 Å². The van der Waals surface area contributed by atoms with E-state index in [-0.39, 0.29) is 11.6 Å². The van der Waals surface area contributed by atoms with E-state index in [9.17, 15) is 9.18 Å². The van der Waals surface area contributed by atoms with Gasteiger partial charge in [0.25, 0.3) is 0 Å². The molecule has 0 fully saturated rings. The molecule has 0 atom stereocenters. The van der Waals surface area contributed by atoms with E-state index in [0.29, 0.717) is 5.56 Å². The van der Waals surface area contributed by atoms with E-state index < -0.39 is 0 Å². The fourth-order valence-electron chi connectivity index (χ4n) is 5.47. The van der Waals surface area contributed by atoms with E-state index >= 15 is 0 Å². The maximum Gasteiger partial charge on any atom is 0.185 e. The van der Waals surface area contributed by atoms with E-state index in [0.717, 1.165) is 24.3 Å². The Balaban J connectivity index is 1.05. The lowest BCUT2D eigenvalue weighted by Gasteiger charge is -2.07. The highest BCUT2D eigenvalue weighted by atomic mass is 19.1. The summed E-state index contributed by atoms with van der Waals surface area (Å²) in [6.07, 6.45) is 27.9. The van der Waals surface area contributed by atoms with Gasteiger partial charge in [-0.05, 0) is 78.4 Å². The molecular formula is C41H53FO2. The second kappa shape index (κ2) is 22.1. The third-order valence-electron chi connectivity index (χ3n) is 8.28. The Labute approximate surface area is 266 Å². The van der Waals surface area contributed by atoms with Gasteiger partial charge >= 0.3 is 0 Å². The highest BCUT2D eigenvalue weighted by Gasteiger charge is 2.02. The van der Waals surface area contributed by atoms with Crippen molar-refractivity contribution in [3.63, 3.8) is 0 Å². The Morgan fingerprint density at radius 3 is 1.59 bits per heavy atom. The lowest BCUT2D eigenvalue weighted by Crippen LogP contribution is -1.97. The molecule has 0 aliphatic rings. The molecule has 0 heterocycles. The molecule has 0 saturated heterocycles. The van der Waals surface area contributed by atoms with Crippen LogP contribution in [-0.2, 0) is 6.42 Å². The number of ether oxygens (including phenoxy) is 1. The van der Waals surface area contributed by atoms with Crippen molar-refractivity contribution < 1.29 is 13.9 Å². The molecule has 3 aromatic rings. The molecule has 3 rings (SSSR count). The number of aryl methyl sites for hydroxylation is 1. The molecule has 3 heteroatoms. The van der Waals surface area contributed by atoms with Crippen LogP contribution < -0.4 is 4.74 Å². The summed E-state index contributed by atoms with van der Waals surface area (Å²) in [6, 6.07) is 22.2. The fraction of sp³-hybridized carbons (Fsp3) is 0.439. The largest absolute Gasteiger partial charge is 0.494 e. The molecule has 0 bridgehead atoms. The van der Waals surface area contributed by atoms with Crippen LogP contribution in [0.1, 0.15) is 130 Å². The first kappa shape index (κ1) is 35.0. The number of rotatable bonds is 24. The van der Waals surface area contributed by atoms with E-state index in [1.807, 2.05) is 30.3 Å². The van der Waals surface area contributed by atoms with Crippen LogP contribution in [0.15, 0.2) is 85.5 Å². The molecule has 0 aliphatic carbocycles. The van der Waals surface area contributed by atoms with Gasteiger partial charge in [0.05, 0.1) is 6.61 Å². The molecule has 44 heavy (non-hydrogen) atoms. The Morgan fingerprint density at radius 2 is 1.07 bits per heavy atom. The maximum atomic E-state index is 13.0. The summed E-state index contributed by atoms with van der Waals surface area (Å²) in [5, 5.41) is 0. The van der Waals surface area contributed by atoms with Gasteiger partial charge in [-0.1, -0.05) is 145 Å². The first-order valence-electron chi connectivity index (χ1n) is 17.1. The number of benzene rings is 3. The molecular weight excluding hydrogens is 543 g/mol. The zero-order valence-corrected chi connectivity index (χ0v) is 26.8. The SMILES string of the molecule is C=Cc1ccc(CCCCCCCCCCCCCCCCCCOc2ccc(C=CC(=O)c3ccc(F)cc3)cc2)cc1. The van der Waals surface area contributed by atoms with Crippen molar-refractivity contribution in [2.45, 2.75) is 109 Å². The molecule has 236 valence electrons. The van der Waals surface area contributed by atoms with Gasteiger partial charge < -0.3 is 4.74 Å². The van der Waals surface area contributed by atoms with Gasteiger partial charge in [-0.2, -0.15) is 0 Å². The Kier molecular flexibility index (Phi) is 17.6. The van der Waals surface area contributed by atoms with Crippen molar-refractivity contribution in [2.24, 2.45) is 0 Å². The Morgan fingerprint density at radius 1 is 0.591 bits per heavy atom. The number of carbonyl (C=O) groups is 1. The third kappa shape index (κ3) is 15.3. The summed E-state index contributed by atoms with van der Waals surface area (Å²) >= 11 is 0. The van der Waals surface area contributed by atoms with Crippen LogP contribution in [0.5, 0.6) is 5.75 Å². The number of carbonyl (C=O) groups excluding carboxylic acids is 1. The van der Waals surface area contributed by atoms with Crippen LogP contribution in [-0.4, -0.2) is 12.4 Å². The molecule has 0 N–H and O–H groups in total. The third-order valence-corrected chi connectivity index (χ3v) is 8.28. The van der Waals surface area contributed by atoms with Crippen LogP contribution in [0.4, 0.5) is 4.39 Å². The molecule has 0 saturated carbocycles. The molecule has 0 spiro atoms. The molecule has 0 aliphatic heterocycles. The van der Waals surface area contributed by atoms with E-state index in [1.54, 1.807) is 6.08 Å². The van der Waals surface area contributed by atoms with Crippen LogP contribution in [0.3, 0.4) is 0 Å². The maximum absolute atomic E-state index is 13.0. The smallest absolute Gasteiger partial charge is 0.185 e. The molecule has 0 aromatic heterocycles. The van der Waals surface area contributed by atoms with Crippen molar-refractivity contribution in [3.05, 3.63) is 114 Å². The van der Waals surface area contributed by atoms with Gasteiger partial charge in [-0.15, -0.1) is 0 Å². The monoisotopic (exact) mass is 596 g/mol. The van der Waals surface area contributed by atoms with Crippen molar-refractivity contribution >= 4 is 17.9 Å². The Bertz CT molecular complexity index is 1210. The number of hydrogen-bond donors (Lipinski definition) is 0. The summed E-state index contributed by atoms with van der Waals surface area (Å²) in [6.45, 7) is 4.56. The topological polar surface area (TPSA) is 26.3 Å². The van der Waals surface area contributed by atoms with Crippen molar-refractivity contribution in [3.8, 4) is 5.75 Å². The quantitative estimate of drug-likeness (QED) is 0.0584. The van der Waals surface area contributed by atoms with Crippen molar-refractivity contribution in [1.29, 1.82) is 0 Å². The number of unbranched alkanes of at least 4 members (excludes halogenated alkanes) is 15. The molecule has 0 unspecified atom stereocenters. The van der Waals surface area contributed by atoms with Crippen LogP contribution >= 0.6 is 0 Å². The first-order valence-corrected chi connectivity index (χ1v) is 17.1. The van der Waals surface area contributed by atoms with Gasteiger partial charge in [-0.3, -0.25) is 4.79 Å². The lowest BCUT2D eigenvalue weighted by molar-refractivity contribution is 0.104. The van der Waals surface area contributed by atoms with Crippen molar-refractivity contribution in [2.75, 3.05) is 6.61 Å². The summed E-state index contributed by atoms with van der Waals surface area (Å²) in [5.74, 6) is 0.369. The summed E-state index contributed by atoms with van der Waals surface area (Å²) in [7, 11) is 0. The van der Waals surface area contributed by atoms with Crippen molar-refractivity contribution in [1.82, 2.24) is 0 Å². The van der Waals surface area contributed by atoms with E-state index in [1.165, 1.54) is 144 Å². The Hall–Kier alpha value is -3.46. The van der Waals surface area contributed by atoms with E-state index in [4.69, 9.17) is 4.74 Å².